The highest BCUT2D eigenvalue weighted by Crippen LogP contribution is 2.61. The molecule has 26 heavy (non-hydrogen) atoms. The van der Waals surface area contributed by atoms with Crippen molar-refractivity contribution in [2.24, 2.45) is 0 Å². The van der Waals surface area contributed by atoms with Gasteiger partial charge in [-0.25, -0.2) is 0 Å². The minimum absolute atomic E-state index is 0.619. The summed E-state index contributed by atoms with van der Waals surface area (Å²) in [5.41, 5.74) is 0.977. The normalized spacial score (nSPS) is 16.1. The minimum Gasteiger partial charge on any atom is -0.321 e. The highest BCUT2D eigenvalue weighted by atomic mass is 31.2. The predicted molar refractivity (Wildman–Crippen MR) is 128 cm³/mol. The van der Waals surface area contributed by atoms with Crippen LogP contribution in [-0.2, 0) is 13.6 Å². The van der Waals surface area contributed by atoms with Crippen LogP contribution in [0.3, 0.4) is 0 Å². The third-order valence-electron chi connectivity index (χ3n) is 3.64. The second-order valence-electron chi connectivity index (χ2n) is 9.97. The first-order valence-corrected chi connectivity index (χ1v) is 22.7. The summed E-state index contributed by atoms with van der Waals surface area (Å²) in [6.07, 6.45) is 0. The highest BCUT2D eigenvalue weighted by Gasteiger charge is 2.43. The van der Waals surface area contributed by atoms with Crippen LogP contribution in [0.2, 0.25) is 58.9 Å². The molecule has 0 heterocycles. The summed E-state index contributed by atoms with van der Waals surface area (Å²) in [5.74, 6) is 2.93. The van der Waals surface area contributed by atoms with E-state index in [1.54, 1.807) is 5.82 Å². The summed E-state index contributed by atoms with van der Waals surface area (Å²) in [6, 6.07) is 0. The van der Waals surface area contributed by atoms with Gasteiger partial charge in [0.15, 0.2) is 0 Å². The molecule has 4 nitrogen and oxygen atoms in total. The lowest BCUT2D eigenvalue weighted by Gasteiger charge is -2.51. The molecule has 0 aliphatic heterocycles. The minimum atomic E-state index is -3.24. The number of hydrogen-bond acceptors (Lipinski definition) is 4. The van der Waals surface area contributed by atoms with Gasteiger partial charge < -0.3 is 13.0 Å². The van der Waals surface area contributed by atoms with E-state index in [0.717, 1.165) is 10.9 Å². The Hall–Kier alpha value is 0.671. The van der Waals surface area contributed by atoms with Gasteiger partial charge in [-0.1, -0.05) is 65.5 Å². The Morgan fingerprint density at radius 1 is 1.00 bits per heavy atom. The van der Waals surface area contributed by atoms with Gasteiger partial charge in [-0.15, -0.1) is 0 Å². The van der Waals surface area contributed by atoms with Gasteiger partial charge in [0.1, 0.15) is 16.5 Å². The van der Waals surface area contributed by atoms with Crippen molar-refractivity contribution >= 4 is 40.2 Å². The van der Waals surface area contributed by atoms with Crippen molar-refractivity contribution in [1.29, 1.82) is 0 Å². The van der Waals surface area contributed by atoms with Gasteiger partial charge in [0.2, 0.25) is 0 Å². The molecule has 0 saturated heterocycles. The van der Waals surface area contributed by atoms with Gasteiger partial charge in [0.05, 0.1) is 8.07 Å². The molecule has 0 fully saturated rings. The van der Waals surface area contributed by atoms with Crippen molar-refractivity contribution in [3.63, 3.8) is 0 Å². The van der Waals surface area contributed by atoms with Crippen LogP contribution >= 0.6 is 15.7 Å². The largest absolute Gasteiger partial charge is 0.354 e. The molecule has 0 spiro atoms. The summed E-state index contributed by atoms with van der Waals surface area (Å²) in [6.45, 7) is 28.0. The zero-order valence-electron chi connectivity index (χ0n) is 19.1. The smallest absolute Gasteiger partial charge is 0.321 e. The summed E-state index contributed by atoms with van der Waals surface area (Å²) in [7, 11) is -5.52. The molecule has 0 amide bonds. The van der Waals surface area contributed by atoms with Gasteiger partial charge in [-0.3, -0.25) is 4.57 Å². The van der Waals surface area contributed by atoms with E-state index in [1.165, 1.54) is 20.0 Å². The van der Waals surface area contributed by atoms with Crippen molar-refractivity contribution in [2.45, 2.75) is 65.8 Å². The van der Waals surface area contributed by atoms with Crippen LogP contribution in [0.1, 0.15) is 6.92 Å². The molecule has 154 valence electrons. The maximum Gasteiger partial charge on any atom is 0.354 e. The third-order valence-corrected chi connectivity index (χ3v) is 23.6. The molecule has 0 aromatic heterocycles. The summed E-state index contributed by atoms with van der Waals surface area (Å²) in [4.78, 5) is 0. The highest BCUT2D eigenvalue weighted by molar-refractivity contribution is 7.68. The average Bonchev–Trinajstić information content (AvgIpc) is 2.38. The Bertz CT molecular complexity index is 553. The number of rotatable bonds is 10. The van der Waals surface area contributed by atoms with E-state index in [1.807, 2.05) is 6.92 Å². The lowest BCUT2D eigenvalue weighted by atomic mass is 10.3. The van der Waals surface area contributed by atoms with Crippen LogP contribution in [0.25, 0.3) is 0 Å². The fourth-order valence-corrected chi connectivity index (χ4v) is 26.3. The lowest BCUT2D eigenvalue weighted by molar-refractivity contribution is 0.286. The molecule has 0 aliphatic rings. The van der Waals surface area contributed by atoms with Gasteiger partial charge in [0, 0.05) is 20.0 Å². The Balaban J connectivity index is 6.67. The first-order valence-electron chi connectivity index (χ1n) is 9.06. The van der Waals surface area contributed by atoms with Crippen LogP contribution < -0.4 is 0 Å². The maximum absolute atomic E-state index is 12.9. The Morgan fingerprint density at radius 2 is 1.38 bits per heavy atom. The average molecular weight is 454 g/mol. The third kappa shape index (κ3) is 8.36. The molecule has 9 heteroatoms. The molecule has 0 bridgehead atoms. The zero-order valence-corrected chi connectivity index (χ0v) is 23.8. The SMILES string of the molecule is C=C(C)/C(=C\P(=O)(OC)OC)P(C[Si](C)(C)C)N([Si](C)(C)C)[Si](C)(C)C. The Kier molecular flexibility index (Phi) is 9.69. The van der Waals surface area contributed by atoms with Crippen LogP contribution in [0.4, 0.5) is 0 Å². The zero-order chi connectivity index (χ0) is 21.1. The lowest BCUT2D eigenvalue weighted by Crippen LogP contribution is -2.57. The molecule has 0 aromatic carbocycles. The Morgan fingerprint density at radius 3 is 1.62 bits per heavy atom. The fraction of sp³-hybridized carbons (Fsp3) is 0.765. The molecule has 0 aromatic rings. The van der Waals surface area contributed by atoms with E-state index in [0.29, 0.717) is 0 Å². The number of hydrogen-bond donors (Lipinski definition) is 0. The molecular formula is C17H41NO3P2Si3. The Labute approximate surface area is 167 Å². The second kappa shape index (κ2) is 9.45. The van der Waals surface area contributed by atoms with E-state index in [4.69, 9.17) is 9.05 Å². The van der Waals surface area contributed by atoms with E-state index >= 15 is 0 Å². The molecule has 0 saturated carbocycles. The van der Waals surface area contributed by atoms with Crippen LogP contribution in [0, 0.1) is 0 Å². The molecule has 1 atom stereocenters. The molecule has 1 unspecified atom stereocenters. The molecule has 0 N–H and O–H groups in total. The summed E-state index contributed by atoms with van der Waals surface area (Å²) < 4.78 is 26.3. The van der Waals surface area contributed by atoms with Gasteiger partial charge in [-0.05, 0) is 31.7 Å². The van der Waals surface area contributed by atoms with E-state index in [2.05, 4.69) is 69.5 Å². The van der Waals surface area contributed by atoms with Gasteiger partial charge in [0.25, 0.3) is 0 Å². The van der Waals surface area contributed by atoms with E-state index in [9.17, 15) is 4.57 Å². The van der Waals surface area contributed by atoms with Gasteiger partial charge >= 0.3 is 7.60 Å². The van der Waals surface area contributed by atoms with E-state index < -0.39 is 40.2 Å². The summed E-state index contributed by atoms with van der Waals surface area (Å²) >= 11 is 0. The summed E-state index contributed by atoms with van der Waals surface area (Å²) in [5, 5.41) is 1.10. The molecule has 0 aliphatic carbocycles. The predicted octanol–water partition coefficient (Wildman–Crippen LogP) is 7.14. The van der Waals surface area contributed by atoms with Crippen LogP contribution in [0.15, 0.2) is 23.3 Å². The second-order valence-corrected chi connectivity index (χ2v) is 30.9. The van der Waals surface area contributed by atoms with Crippen molar-refractivity contribution in [3.8, 4) is 0 Å². The first-order chi connectivity index (χ1) is 11.4. The fourth-order valence-electron chi connectivity index (χ4n) is 3.17. The molecule has 0 rings (SSSR count). The van der Waals surface area contributed by atoms with Crippen molar-refractivity contribution in [1.82, 2.24) is 4.00 Å². The van der Waals surface area contributed by atoms with Crippen molar-refractivity contribution < 1.29 is 13.6 Å². The first kappa shape index (κ1) is 26.7. The van der Waals surface area contributed by atoms with Crippen molar-refractivity contribution in [2.75, 3.05) is 20.0 Å². The van der Waals surface area contributed by atoms with Crippen molar-refractivity contribution in [3.05, 3.63) is 23.3 Å². The topological polar surface area (TPSA) is 38.8 Å². The monoisotopic (exact) mass is 453 g/mol. The number of allylic oxidation sites excluding steroid dienone is 2. The molecular weight excluding hydrogens is 412 g/mol. The van der Waals surface area contributed by atoms with E-state index in [-0.39, 0.29) is 0 Å². The quantitative estimate of drug-likeness (QED) is 0.200. The number of nitrogens with zero attached hydrogens (tertiary/aromatic N) is 1. The molecule has 0 radical (unpaired) electrons. The standard InChI is InChI=1S/C17H41NO3P2Si3/c1-16(2)17(14-23(19,20-3)21-4)22(15-24(5,6)7)18(25(8,9)10)26(11,12)13/h14H,1,15H2,2-13H3/b17-14+. The van der Waals surface area contributed by atoms with Gasteiger partial charge in [-0.2, -0.15) is 0 Å². The van der Waals surface area contributed by atoms with Crippen LogP contribution in [0.5, 0.6) is 0 Å². The van der Waals surface area contributed by atoms with Crippen LogP contribution in [-0.4, -0.2) is 48.6 Å². The maximum atomic E-state index is 12.9.